The number of ether oxygens (including phenoxy) is 2. The molecule has 0 aliphatic heterocycles. The van der Waals surface area contributed by atoms with Crippen molar-refractivity contribution < 1.29 is 14.3 Å². The molecule has 26 heavy (non-hydrogen) atoms. The van der Waals surface area contributed by atoms with Crippen molar-refractivity contribution in [2.45, 2.75) is 12.8 Å². The Kier molecular flexibility index (Phi) is 5.27. The number of amides is 1. The van der Waals surface area contributed by atoms with Gasteiger partial charge in [-0.15, -0.1) is 0 Å². The van der Waals surface area contributed by atoms with E-state index in [1.807, 2.05) is 43.3 Å². The van der Waals surface area contributed by atoms with Gasteiger partial charge >= 0.3 is 0 Å². The minimum absolute atomic E-state index is 0.417. The summed E-state index contributed by atoms with van der Waals surface area (Å²) in [4.78, 5) is 21.6. The van der Waals surface area contributed by atoms with E-state index in [4.69, 9.17) is 15.2 Å². The van der Waals surface area contributed by atoms with Crippen LogP contribution < -0.4 is 25.9 Å². The highest BCUT2D eigenvalue weighted by Crippen LogP contribution is 2.31. The fourth-order valence-electron chi connectivity index (χ4n) is 2.90. The number of H-pyrrole nitrogens is 1. The molecule has 1 amide bonds. The van der Waals surface area contributed by atoms with Gasteiger partial charge in [-0.25, -0.2) is 4.98 Å². The molecular formula is C19H24N4O3. The Morgan fingerprint density at radius 3 is 2.85 bits per heavy atom. The van der Waals surface area contributed by atoms with Crippen molar-refractivity contribution in [2.24, 2.45) is 5.73 Å². The largest absolute Gasteiger partial charge is 0.493 e. The van der Waals surface area contributed by atoms with Gasteiger partial charge in [0.2, 0.25) is 5.91 Å². The number of aromatic amines is 1. The molecule has 1 aliphatic rings. The number of aromatic nitrogens is 2. The van der Waals surface area contributed by atoms with Gasteiger partial charge in [-0.1, -0.05) is 6.08 Å². The molecule has 3 rings (SSSR count). The highest BCUT2D eigenvalue weighted by molar-refractivity contribution is 6.12. The van der Waals surface area contributed by atoms with Crippen LogP contribution in [0.3, 0.4) is 0 Å². The average Bonchev–Trinajstić information content (AvgIpc) is 3.05. The number of fused-ring (bicyclic) bond motifs is 1. The lowest BCUT2D eigenvalue weighted by Crippen LogP contribution is -2.34. The maximum absolute atomic E-state index is 11.7. The maximum Gasteiger partial charge on any atom is 0.246 e. The Morgan fingerprint density at radius 1 is 1.35 bits per heavy atom. The molecule has 138 valence electrons. The molecule has 1 aliphatic carbocycles. The summed E-state index contributed by atoms with van der Waals surface area (Å²) in [5, 5.41) is 1.48. The second-order valence-electron chi connectivity index (χ2n) is 6.45. The van der Waals surface area contributed by atoms with E-state index in [2.05, 4.69) is 9.97 Å². The van der Waals surface area contributed by atoms with Gasteiger partial charge in [0.15, 0.2) is 11.5 Å². The molecule has 2 aromatic rings. The Labute approximate surface area is 152 Å². The van der Waals surface area contributed by atoms with E-state index in [0.29, 0.717) is 41.3 Å². The minimum Gasteiger partial charge on any atom is -0.493 e. The van der Waals surface area contributed by atoms with Crippen LogP contribution >= 0.6 is 0 Å². The smallest absolute Gasteiger partial charge is 0.246 e. The number of carbonyl (C=O) groups is 1. The van der Waals surface area contributed by atoms with Gasteiger partial charge in [-0.3, -0.25) is 4.79 Å². The zero-order valence-electron chi connectivity index (χ0n) is 15.3. The molecule has 3 N–H and O–H groups in total. The lowest BCUT2D eigenvalue weighted by Gasteiger charge is -2.14. The number of hydrogen-bond acceptors (Lipinski definition) is 5. The van der Waals surface area contributed by atoms with Crippen LogP contribution in [0, 0.1) is 0 Å². The predicted molar refractivity (Wildman–Crippen MR) is 100 cm³/mol. The summed E-state index contributed by atoms with van der Waals surface area (Å²) in [5.74, 6) is 1.58. The SMILES string of the molecule is COc1ccc(-c2nc3c([nH]2)=CCCC=3C(N)=O)cc1OCCN(C)C. The van der Waals surface area contributed by atoms with E-state index in [1.165, 1.54) is 0 Å². The minimum atomic E-state index is -0.417. The van der Waals surface area contributed by atoms with Crippen molar-refractivity contribution in [2.75, 3.05) is 34.4 Å². The average molecular weight is 356 g/mol. The number of nitrogens with one attached hydrogen (secondary N) is 1. The van der Waals surface area contributed by atoms with Crippen LogP contribution in [0.5, 0.6) is 11.5 Å². The first-order chi connectivity index (χ1) is 12.5. The topological polar surface area (TPSA) is 93.5 Å². The van der Waals surface area contributed by atoms with Gasteiger partial charge in [0.05, 0.1) is 17.8 Å². The second kappa shape index (κ2) is 7.61. The van der Waals surface area contributed by atoms with Gasteiger partial charge in [-0.05, 0) is 45.1 Å². The quantitative estimate of drug-likeness (QED) is 0.741. The molecule has 0 radical (unpaired) electrons. The fraction of sp³-hybridized carbons (Fsp3) is 0.368. The second-order valence-corrected chi connectivity index (χ2v) is 6.45. The van der Waals surface area contributed by atoms with Crippen LogP contribution in [0.1, 0.15) is 12.8 Å². The molecular weight excluding hydrogens is 332 g/mol. The van der Waals surface area contributed by atoms with Crippen molar-refractivity contribution in [1.29, 1.82) is 0 Å². The molecule has 0 fully saturated rings. The van der Waals surface area contributed by atoms with E-state index >= 15 is 0 Å². The molecule has 1 aromatic carbocycles. The molecule has 1 heterocycles. The number of methoxy groups -OCH3 is 1. The number of carbonyl (C=O) groups excluding carboxylic acids is 1. The number of primary amides is 1. The molecule has 0 atom stereocenters. The first-order valence-electron chi connectivity index (χ1n) is 8.54. The molecule has 0 saturated heterocycles. The third-order valence-electron chi connectivity index (χ3n) is 4.29. The molecule has 0 saturated carbocycles. The Hall–Kier alpha value is -2.80. The summed E-state index contributed by atoms with van der Waals surface area (Å²) in [6.07, 6.45) is 3.43. The maximum atomic E-state index is 11.7. The van der Waals surface area contributed by atoms with Crippen LogP contribution in [0.25, 0.3) is 23.0 Å². The number of hydrogen-bond donors (Lipinski definition) is 2. The van der Waals surface area contributed by atoms with E-state index in [9.17, 15) is 4.79 Å². The molecule has 0 unspecified atom stereocenters. The van der Waals surface area contributed by atoms with Gasteiger partial charge in [0, 0.05) is 17.7 Å². The third-order valence-corrected chi connectivity index (χ3v) is 4.29. The molecule has 7 heteroatoms. The summed E-state index contributed by atoms with van der Waals surface area (Å²) in [6.45, 7) is 1.35. The number of likely N-dealkylation sites (N-methyl/N-ethyl adjacent to an activating group) is 1. The van der Waals surface area contributed by atoms with E-state index in [-0.39, 0.29) is 0 Å². The van der Waals surface area contributed by atoms with Crippen molar-refractivity contribution in [3.05, 3.63) is 28.9 Å². The molecule has 7 nitrogen and oxygen atoms in total. The van der Waals surface area contributed by atoms with Crippen molar-refractivity contribution in [3.8, 4) is 22.9 Å². The Morgan fingerprint density at radius 2 is 2.15 bits per heavy atom. The van der Waals surface area contributed by atoms with Gasteiger partial charge < -0.3 is 25.1 Å². The van der Waals surface area contributed by atoms with Gasteiger partial charge in [0.25, 0.3) is 0 Å². The Balaban J connectivity index is 1.98. The van der Waals surface area contributed by atoms with Gasteiger partial charge in [0.1, 0.15) is 12.4 Å². The first kappa shape index (κ1) is 18.0. The highest BCUT2D eigenvalue weighted by Gasteiger charge is 2.15. The van der Waals surface area contributed by atoms with Crippen LogP contribution in [-0.4, -0.2) is 55.1 Å². The van der Waals surface area contributed by atoms with Crippen molar-refractivity contribution in [1.82, 2.24) is 14.9 Å². The van der Waals surface area contributed by atoms with Crippen molar-refractivity contribution >= 4 is 17.6 Å². The summed E-state index contributed by atoms with van der Waals surface area (Å²) in [7, 11) is 5.60. The number of nitrogens with zero attached hydrogens (tertiary/aromatic N) is 2. The van der Waals surface area contributed by atoms with Crippen LogP contribution in [0.15, 0.2) is 18.2 Å². The fourth-order valence-corrected chi connectivity index (χ4v) is 2.90. The summed E-state index contributed by atoms with van der Waals surface area (Å²) in [6, 6.07) is 5.65. The predicted octanol–water partition coefficient (Wildman–Crippen LogP) is 0.236. The van der Waals surface area contributed by atoms with E-state index < -0.39 is 5.91 Å². The van der Waals surface area contributed by atoms with Gasteiger partial charge in [-0.2, -0.15) is 0 Å². The molecule has 0 spiro atoms. The number of benzene rings is 1. The first-order valence-corrected chi connectivity index (χ1v) is 8.54. The summed E-state index contributed by atoms with van der Waals surface area (Å²) < 4.78 is 11.2. The summed E-state index contributed by atoms with van der Waals surface area (Å²) >= 11 is 0. The number of imidazole rings is 1. The monoisotopic (exact) mass is 356 g/mol. The van der Waals surface area contributed by atoms with Crippen LogP contribution in [-0.2, 0) is 4.79 Å². The van der Waals surface area contributed by atoms with E-state index in [0.717, 1.165) is 23.9 Å². The van der Waals surface area contributed by atoms with Crippen molar-refractivity contribution in [3.63, 3.8) is 0 Å². The van der Waals surface area contributed by atoms with Crippen LogP contribution in [0.4, 0.5) is 0 Å². The van der Waals surface area contributed by atoms with Crippen LogP contribution in [0.2, 0.25) is 0 Å². The zero-order valence-corrected chi connectivity index (χ0v) is 15.3. The third kappa shape index (κ3) is 3.72. The van der Waals surface area contributed by atoms with E-state index in [1.54, 1.807) is 7.11 Å². The lowest BCUT2D eigenvalue weighted by molar-refractivity contribution is -0.113. The Bertz CT molecular complexity index is 931. The normalized spacial score (nSPS) is 13.3. The standard InChI is InChI=1S/C19H24N4O3/c1-23(2)9-10-26-16-11-12(7-8-15(16)25-3)19-21-14-6-4-5-13(18(20)24)17(14)22-19/h6-8,11H,4-5,9-10H2,1-3H3,(H2,20,24)(H,21,22). The zero-order chi connectivity index (χ0) is 18.7. The molecule has 0 bridgehead atoms. The highest BCUT2D eigenvalue weighted by atomic mass is 16.5. The summed E-state index contributed by atoms with van der Waals surface area (Å²) in [5.41, 5.74) is 6.92. The molecule has 1 aromatic heterocycles. The number of nitrogens with two attached hydrogens (primary N) is 1. The lowest BCUT2D eigenvalue weighted by atomic mass is 10.1. The number of rotatable bonds is 7.